The summed E-state index contributed by atoms with van der Waals surface area (Å²) >= 11 is 5.27. The molecule has 3 nitrogen and oxygen atoms in total. The SMILES string of the molecule is CNCC1CCN(C(=O)CCCSc2ccc(Br)cc2)CC1. The van der Waals surface area contributed by atoms with Crippen LogP contribution in [0.1, 0.15) is 25.7 Å². The number of nitrogens with one attached hydrogen (secondary N) is 1. The Bertz CT molecular complexity index is 458. The number of thioether (sulfide) groups is 1. The van der Waals surface area contributed by atoms with Crippen LogP contribution in [-0.2, 0) is 4.79 Å². The molecule has 0 saturated carbocycles. The van der Waals surface area contributed by atoms with Gasteiger partial charge in [0.05, 0.1) is 0 Å². The number of rotatable bonds is 7. The first-order valence-electron chi connectivity index (χ1n) is 8.00. The number of hydrogen-bond acceptors (Lipinski definition) is 3. The van der Waals surface area contributed by atoms with E-state index >= 15 is 0 Å². The lowest BCUT2D eigenvalue weighted by Gasteiger charge is -2.32. The first-order valence-corrected chi connectivity index (χ1v) is 9.77. The Morgan fingerprint density at radius 1 is 1.32 bits per heavy atom. The molecule has 0 aliphatic carbocycles. The van der Waals surface area contributed by atoms with Gasteiger partial charge in [0.1, 0.15) is 0 Å². The number of halogens is 1. The molecule has 0 atom stereocenters. The van der Waals surface area contributed by atoms with Gasteiger partial charge in [-0.15, -0.1) is 11.8 Å². The first kappa shape index (κ1) is 17.8. The number of carbonyl (C=O) groups excluding carboxylic acids is 1. The topological polar surface area (TPSA) is 32.3 Å². The van der Waals surface area contributed by atoms with E-state index in [4.69, 9.17) is 0 Å². The fourth-order valence-corrected chi connectivity index (χ4v) is 3.89. The van der Waals surface area contributed by atoms with E-state index < -0.39 is 0 Å². The van der Waals surface area contributed by atoms with Crippen LogP contribution >= 0.6 is 27.7 Å². The van der Waals surface area contributed by atoms with Gasteiger partial charge in [-0.1, -0.05) is 15.9 Å². The molecule has 1 heterocycles. The van der Waals surface area contributed by atoms with Crippen molar-refractivity contribution in [1.29, 1.82) is 0 Å². The molecule has 1 aromatic rings. The fraction of sp³-hybridized carbons (Fsp3) is 0.588. The Balaban J connectivity index is 1.61. The van der Waals surface area contributed by atoms with E-state index in [0.29, 0.717) is 12.3 Å². The van der Waals surface area contributed by atoms with Crippen molar-refractivity contribution < 1.29 is 4.79 Å². The minimum Gasteiger partial charge on any atom is -0.343 e. The Kier molecular flexibility index (Phi) is 7.76. The van der Waals surface area contributed by atoms with Crippen LogP contribution in [0.25, 0.3) is 0 Å². The van der Waals surface area contributed by atoms with Crippen molar-refractivity contribution in [1.82, 2.24) is 10.2 Å². The smallest absolute Gasteiger partial charge is 0.222 e. The van der Waals surface area contributed by atoms with Crippen molar-refractivity contribution in [2.45, 2.75) is 30.6 Å². The van der Waals surface area contributed by atoms with Gasteiger partial charge in [0.25, 0.3) is 0 Å². The highest BCUT2D eigenvalue weighted by atomic mass is 79.9. The molecule has 1 aromatic carbocycles. The molecule has 22 heavy (non-hydrogen) atoms. The Labute approximate surface area is 146 Å². The average Bonchev–Trinajstić information content (AvgIpc) is 2.54. The van der Waals surface area contributed by atoms with Crippen molar-refractivity contribution >= 4 is 33.6 Å². The number of benzene rings is 1. The van der Waals surface area contributed by atoms with Crippen LogP contribution in [-0.4, -0.2) is 43.2 Å². The lowest BCUT2D eigenvalue weighted by molar-refractivity contribution is -0.132. The van der Waals surface area contributed by atoms with Crippen LogP contribution < -0.4 is 5.32 Å². The molecule has 1 aliphatic heterocycles. The predicted octanol–water partition coefficient (Wildman–Crippen LogP) is 3.78. The molecule has 1 saturated heterocycles. The summed E-state index contributed by atoms with van der Waals surface area (Å²) in [5.41, 5.74) is 0. The summed E-state index contributed by atoms with van der Waals surface area (Å²) in [5.74, 6) is 2.07. The summed E-state index contributed by atoms with van der Waals surface area (Å²) in [6.07, 6.45) is 3.91. The number of amides is 1. The summed E-state index contributed by atoms with van der Waals surface area (Å²) in [6.45, 7) is 2.95. The van der Waals surface area contributed by atoms with Crippen molar-refractivity contribution in [3.8, 4) is 0 Å². The third-order valence-electron chi connectivity index (χ3n) is 4.08. The van der Waals surface area contributed by atoms with Crippen LogP contribution in [0.5, 0.6) is 0 Å². The predicted molar refractivity (Wildman–Crippen MR) is 97.3 cm³/mol. The lowest BCUT2D eigenvalue weighted by Crippen LogP contribution is -2.40. The number of carbonyl (C=O) groups is 1. The molecule has 0 spiro atoms. The van der Waals surface area contributed by atoms with Crippen molar-refractivity contribution in [3.63, 3.8) is 0 Å². The molecular weight excluding hydrogens is 360 g/mol. The molecule has 0 aromatic heterocycles. The quantitative estimate of drug-likeness (QED) is 0.573. The van der Waals surface area contributed by atoms with Crippen LogP contribution in [0.4, 0.5) is 0 Å². The summed E-state index contributed by atoms with van der Waals surface area (Å²) in [5, 5.41) is 3.23. The van der Waals surface area contributed by atoms with Gasteiger partial charge < -0.3 is 10.2 Å². The highest BCUT2D eigenvalue weighted by molar-refractivity contribution is 9.10. The molecule has 122 valence electrons. The van der Waals surface area contributed by atoms with Crippen molar-refractivity contribution in [2.75, 3.05) is 32.4 Å². The fourth-order valence-electron chi connectivity index (χ4n) is 2.78. The van der Waals surface area contributed by atoms with Crippen LogP contribution in [0.2, 0.25) is 0 Å². The zero-order valence-corrected chi connectivity index (χ0v) is 15.6. The van der Waals surface area contributed by atoms with Gasteiger partial charge in [-0.25, -0.2) is 0 Å². The van der Waals surface area contributed by atoms with E-state index in [1.54, 1.807) is 0 Å². The van der Waals surface area contributed by atoms with Gasteiger partial charge in [-0.2, -0.15) is 0 Å². The van der Waals surface area contributed by atoms with Gasteiger partial charge in [0, 0.05) is 28.9 Å². The Morgan fingerprint density at radius 2 is 2.00 bits per heavy atom. The van der Waals surface area contributed by atoms with Crippen LogP contribution in [0, 0.1) is 5.92 Å². The standard InChI is InChI=1S/C17H25BrN2OS/c1-19-13-14-8-10-20(11-9-14)17(21)3-2-12-22-16-6-4-15(18)5-7-16/h4-7,14,19H,2-3,8-13H2,1H3. The second kappa shape index (κ2) is 9.58. The second-order valence-electron chi connectivity index (χ2n) is 5.79. The number of hydrogen-bond donors (Lipinski definition) is 1. The first-order chi connectivity index (χ1) is 10.7. The molecule has 1 fully saturated rings. The van der Waals surface area contributed by atoms with E-state index in [1.165, 1.54) is 4.90 Å². The highest BCUT2D eigenvalue weighted by Gasteiger charge is 2.21. The Hall–Kier alpha value is -0.520. The molecule has 2 rings (SSSR count). The maximum Gasteiger partial charge on any atom is 0.222 e. The largest absolute Gasteiger partial charge is 0.343 e. The summed E-state index contributed by atoms with van der Waals surface area (Å²) in [6, 6.07) is 8.35. The third kappa shape index (κ3) is 5.94. The molecule has 0 unspecified atom stereocenters. The molecule has 0 radical (unpaired) electrons. The van der Waals surface area contributed by atoms with Gasteiger partial charge in [-0.3, -0.25) is 4.79 Å². The normalized spacial score (nSPS) is 16.0. The summed E-state index contributed by atoms with van der Waals surface area (Å²) < 4.78 is 1.11. The van der Waals surface area contributed by atoms with Gasteiger partial charge in [-0.05, 0) is 68.8 Å². The van der Waals surface area contributed by atoms with E-state index in [0.717, 1.165) is 55.0 Å². The number of nitrogens with zero attached hydrogens (tertiary/aromatic N) is 1. The minimum atomic E-state index is 0.333. The van der Waals surface area contributed by atoms with Gasteiger partial charge in [0.2, 0.25) is 5.91 Å². The molecular formula is C17H25BrN2OS. The molecule has 5 heteroatoms. The minimum absolute atomic E-state index is 0.333. The maximum absolute atomic E-state index is 12.2. The van der Waals surface area contributed by atoms with E-state index in [-0.39, 0.29) is 0 Å². The van der Waals surface area contributed by atoms with Crippen molar-refractivity contribution in [2.24, 2.45) is 5.92 Å². The van der Waals surface area contributed by atoms with Gasteiger partial charge >= 0.3 is 0 Å². The maximum atomic E-state index is 12.2. The highest BCUT2D eigenvalue weighted by Crippen LogP contribution is 2.22. The van der Waals surface area contributed by atoms with Crippen molar-refractivity contribution in [3.05, 3.63) is 28.7 Å². The second-order valence-corrected chi connectivity index (χ2v) is 7.87. The lowest BCUT2D eigenvalue weighted by atomic mass is 9.96. The monoisotopic (exact) mass is 384 g/mol. The summed E-state index contributed by atoms with van der Waals surface area (Å²) in [7, 11) is 2.00. The van der Waals surface area contributed by atoms with E-state index in [9.17, 15) is 4.79 Å². The van der Waals surface area contributed by atoms with Crippen LogP contribution in [0.15, 0.2) is 33.6 Å². The third-order valence-corrected chi connectivity index (χ3v) is 5.70. The van der Waals surface area contributed by atoms with Gasteiger partial charge in [0.15, 0.2) is 0 Å². The molecule has 1 amide bonds. The summed E-state index contributed by atoms with van der Waals surface area (Å²) in [4.78, 5) is 15.5. The number of likely N-dealkylation sites (tertiary alicyclic amines) is 1. The molecule has 1 N–H and O–H groups in total. The zero-order chi connectivity index (χ0) is 15.8. The van der Waals surface area contributed by atoms with E-state index in [2.05, 4.69) is 50.4 Å². The zero-order valence-electron chi connectivity index (χ0n) is 13.2. The number of piperidine rings is 1. The molecule has 1 aliphatic rings. The van der Waals surface area contributed by atoms with E-state index in [1.807, 2.05) is 18.8 Å². The Morgan fingerprint density at radius 3 is 2.64 bits per heavy atom. The molecule has 0 bridgehead atoms. The average molecular weight is 385 g/mol. The van der Waals surface area contributed by atoms with Crippen LogP contribution in [0.3, 0.4) is 0 Å².